The Morgan fingerprint density at radius 1 is 1.32 bits per heavy atom. The number of anilines is 1. The van der Waals surface area contributed by atoms with Gasteiger partial charge in [-0.2, -0.15) is 0 Å². The van der Waals surface area contributed by atoms with E-state index >= 15 is 0 Å². The van der Waals surface area contributed by atoms with Crippen molar-refractivity contribution in [1.29, 1.82) is 0 Å². The van der Waals surface area contributed by atoms with Crippen molar-refractivity contribution < 1.29 is 0 Å². The third-order valence-electron chi connectivity index (χ3n) is 3.28. The molecule has 1 rings (SSSR count). The van der Waals surface area contributed by atoms with Gasteiger partial charge in [0.25, 0.3) is 0 Å². The largest absolute Gasteiger partial charge is 0.388 e. The number of hydrogen-bond acceptors (Lipinski definition) is 3. The fraction of sp³-hybridized carbons (Fsp3) is 0.600. The van der Waals surface area contributed by atoms with Gasteiger partial charge in [0, 0.05) is 12.6 Å². The van der Waals surface area contributed by atoms with Gasteiger partial charge in [0.2, 0.25) is 0 Å². The lowest BCUT2D eigenvalue weighted by Crippen LogP contribution is -2.37. The molecule has 0 aromatic carbocycles. The number of thiocarbonyl (C=S) groups is 1. The van der Waals surface area contributed by atoms with Crippen LogP contribution < -0.4 is 10.6 Å². The van der Waals surface area contributed by atoms with Crippen LogP contribution in [0, 0.1) is 5.92 Å². The van der Waals surface area contributed by atoms with Crippen molar-refractivity contribution in [2.45, 2.75) is 46.6 Å². The summed E-state index contributed by atoms with van der Waals surface area (Å²) in [6, 6.07) is 4.54. The molecule has 0 spiro atoms. The minimum Gasteiger partial charge on any atom is -0.388 e. The summed E-state index contributed by atoms with van der Waals surface area (Å²) < 4.78 is 0. The first-order valence-electron chi connectivity index (χ1n) is 7.02. The summed E-state index contributed by atoms with van der Waals surface area (Å²) in [7, 11) is 0. The van der Waals surface area contributed by atoms with Gasteiger partial charge in [-0.15, -0.1) is 0 Å². The molecule has 2 N–H and O–H groups in total. The zero-order chi connectivity index (χ0) is 14.4. The highest BCUT2D eigenvalue weighted by Crippen LogP contribution is 2.21. The molecule has 19 heavy (non-hydrogen) atoms. The molecule has 1 aromatic rings. The second-order valence-electron chi connectivity index (χ2n) is 5.28. The van der Waals surface area contributed by atoms with E-state index in [9.17, 15) is 0 Å². The fourth-order valence-corrected chi connectivity index (χ4v) is 2.41. The lowest BCUT2D eigenvalue weighted by molar-refractivity contribution is 0.507. The van der Waals surface area contributed by atoms with Gasteiger partial charge >= 0.3 is 0 Å². The number of hydrogen-bond donors (Lipinski definition) is 1. The Morgan fingerprint density at radius 2 is 1.95 bits per heavy atom. The van der Waals surface area contributed by atoms with Crippen molar-refractivity contribution in [1.82, 2.24) is 4.98 Å². The van der Waals surface area contributed by atoms with Gasteiger partial charge in [-0.1, -0.05) is 39.9 Å². The van der Waals surface area contributed by atoms with Crippen LogP contribution in [0.15, 0.2) is 18.3 Å². The minimum atomic E-state index is 0.351. The van der Waals surface area contributed by atoms with Gasteiger partial charge < -0.3 is 10.6 Å². The van der Waals surface area contributed by atoms with E-state index in [2.05, 4.69) is 43.6 Å². The number of nitrogens with two attached hydrogens (primary N) is 1. The van der Waals surface area contributed by atoms with Gasteiger partial charge in [0.15, 0.2) is 0 Å². The molecule has 0 unspecified atom stereocenters. The van der Waals surface area contributed by atoms with Gasteiger partial charge in [0.1, 0.15) is 4.99 Å². The Bertz CT molecular complexity index is 396. The second kappa shape index (κ2) is 7.43. The summed E-state index contributed by atoms with van der Waals surface area (Å²) in [5.74, 6) is 0.621. The zero-order valence-electron chi connectivity index (χ0n) is 12.4. The topological polar surface area (TPSA) is 42.1 Å². The lowest BCUT2D eigenvalue weighted by Gasteiger charge is -2.34. The highest BCUT2D eigenvalue weighted by molar-refractivity contribution is 7.80. The Morgan fingerprint density at radius 3 is 2.32 bits per heavy atom. The van der Waals surface area contributed by atoms with Crippen LogP contribution in [0.2, 0.25) is 0 Å². The van der Waals surface area contributed by atoms with E-state index in [1.165, 1.54) is 0 Å². The molecule has 0 fully saturated rings. The lowest BCUT2D eigenvalue weighted by atomic mass is 10.1. The molecule has 3 nitrogen and oxygen atoms in total. The van der Waals surface area contributed by atoms with Crippen molar-refractivity contribution in [3.63, 3.8) is 0 Å². The first-order valence-corrected chi connectivity index (χ1v) is 7.42. The molecular weight excluding hydrogens is 254 g/mol. The maximum atomic E-state index is 5.59. The molecule has 1 aromatic heterocycles. The van der Waals surface area contributed by atoms with Crippen molar-refractivity contribution >= 4 is 22.9 Å². The van der Waals surface area contributed by atoms with Gasteiger partial charge in [-0.25, -0.2) is 0 Å². The first-order chi connectivity index (χ1) is 8.99. The molecule has 0 aliphatic rings. The summed E-state index contributed by atoms with van der Waals surface area (Å²) in [6.07, 6.45) is 4.16. The highest BCUT2D eigenvalue weighted by Gasteiger charge is 2.17. The predicted molar refractivity (Wildman–Crippen MR) is 86.7 cm³/mol. The molecule has 4 heteroatoms. The highest BCUT2D eigenvalue weighted by atomic mass is 32.1. The van der Waals surface area contributed by atoms with Crippen LogP contribution in [0.4, 0.5) is 5.69 Å². The third kappa shape index (κ3) is 4.46. The van der Waals surface area contributed by atoms with Crippen LogP contribution in [0.5, 0.6) is 0 Å². The van der Waals surface area contributed by atoms with E-state index in [1.54, 1.807) is 0 Å². The maximum Gasteiger partial charge on any atom is 0.122 e. The number of rotatable bonds is 7. The Kier molecular flexibility index (Phi) is 6.22. The van der Waals surface area contributed by atoms with Gasteiger partial charge in [0.05, 0.1) is 17.6 Å². The van der Waals surface area contributed by atoms with E-state index in [4.69, 9.17) is 18.0 Å². The monoisotopic (exact) mass is 279 g/mol. The zero-order valence-corrected chi connectivity index (χ0v) is 13.2. The van der Waals surface area contributed by atoms with Crippen LogP contribution in [0.25, 0.3) is 0 Å². The van der Waals surface area contributed by atoms with E-state index in [1.807, 2.05) is 12.3 Å². The quantitative estimate of drug-likeness (QED) is 0.777. The van der Waals surface area contributed by atoms with Crippen molar-refractivity contribution in [2.24, 2.45) is 11.7 Å². The summed E-state index contributed by atoms with van der Waals surface area (Å²) in [5.41, 5.74) is 7.43. The van der Waals surface area contributed by atoms with Crippen LogP contribution >= 0.6 is 12.2 Å². The molecule has 106 valence electrons. The van der Waals surface area contributed by atoms with Crippen LogP contribution in [0.1, 0.15) is 46.2 Å². The molecule has 0 atom stereocenters. The number of aromatic nitrogens is 1. The van der Waals surface area contributed by atoms with Crippen molar-refractivity contribution in [2.75, 3.05) is 11.4 Å². The normalized spacial score (nSPS) is 11.1. The molecule has 0 radical (unpaired) electrons. The second-order valence-corrected chi connectivity index (χ2v) is 5.72. The van der Waals surface area contributed by atoms with Gasteiger partial charge in [-0.05, 0) is 30.9 Å². The fourth-order valence-electron chi connectivity index (χ4n) is 2.29. The minimum absolute atomic E-state index is 0.351. The summed E-state index contributed by atoms with van der Waals surface area (Å²) >= 11 is 4.94. The van der Waals surface area contributed by atoms with Crippen LogP contribution in [-0.4, -0.2) is 22.6 Å². The Balaban J connectivity index is 2.99. The van der Waals surface area contributed by atoms with Crippen molar-refractivity contribution in [3.05, 3.63) is 24.0 Å². The maximum absolute atomic E-state index is 5.59. The van der Waals surface area contributed by atoms with Crippen LogP contribution in [-0.2, 0) is 0 Å². The third-order valence-corrected chi connectivity index (χ3v) is 3.49. The molecule has 0 saturated carbocycles. The van der Waals surface area contributed by atoms with E-state index in [0.29, 0.717) is 22.6 Å². The SMILES string of the molecule is CCC(CC)N(CC(C)C)c1ccc(C(N)=S)nc1. The number of nitrogens with zero attached hydrogens (tertiary/aromatic N) is 2. The summed E-state index contributed by atoms with van der Waals surface area (Å²) in [4.78, 5) is 7.15. The summed E-state index contributed by atoms with van der Waals surface area (Å²) in [6.45, 7) is 10.00. The van der Waals surface area contributed by atoms with E-state index < -0.39 is 0 Å². The summed E-state index contributed by atoms with van der Waals surface area (Å²) in [5, 5.41) is 0. The Labute approximate surface area is 122 Å². The molecule has 0 aliphatic carbocycles. The van der Waals surface area contributed by atoms with Gasteiger partial charge in [-0.3, -0.25) is 4.98 Å². The molecule has 0 bridgehead atoms. The van der Waals surface area contributed by atoms with E-state index in [-0.39, 0.29) is 0 Å². The van der Waals surface area contributed by atoms with Crippen LogP contribution in [0.3, 0.4) is 0 Å². The smallest absolute Gasteiger partial charge is 0.122 e. The first kappa shape index (κ1) is 15.9. The standard InChI is InChI=1S/C15H25N3S/c1-5-12(6-2)18(10-11(3)4)13-7-8-14(15(16)19)17-9-13/h7-9,11-12H,5-6,10H2,1-4H3,(H2,16,19). The number of pyridine rings is 1. The Hall–Kier alpha value is -1.16. The molecule has 1 heterocycles. The predicted octanol–water partition coefficient (Wildman–Crippen LogP) is 3.37. The molecular formula is C15H25N3S. The van der Waals surface area contributed by atoms with Crippen molar-refractivity contribution in [3.8, 4) is 0 Å². The molecule has 0 amide bonds. The molecule has 0 aliphatic heterocycles. The molecule has 0 saturated heterocycles. The average Bonchev–Trinajstić information content (AvgIpc) is 2.38. The average molecular weight is 279 g/mol. The van der Waals surface area contributed by atoms with E-state index in [0.717, 1.165) is 25.1 Å².